The second-order valence-corrected chi connectivity index (χ2v) is 4.42. The van der Waals surface area contributed by atoms with Crippen molar-refractivity contribution in [2.75, 3.05) is 26.7 Å². The van der Waals surface area contributed by atoms with Crippen LogP contribution in [0.5, 0.6) is 5.75 Å². The highest BCUT2D eigenvalue weighted by Gasteiger charge is 2.26. The molecule has 1 aliphatic rings. The minimum atomic E-state index is -0.537. The molecule has 2 rings (SSSR count). The van der Waals surface area contributed by atoms with Crippen molar-refractivity contribution in [1.82, 2.24) is 10.2 Å². The van der Waals surface area contributed by atoms with Crippen LogP contribution < -0.4 is 10.1 Å². The van der Waals surface area contributed by atoms with E-state index in [2.05, 4.69) is 5.32 Å². The lowest BCUT2D eigenvalue weighted by Crippen LogP contribution is -2.51. The quantitative estimate of drug-likeness (QED) is 0.861. The molecule has 18 heavy (non-hydrogen) atoms. The van der Waals surface area contributed by atoms with E-state index >= 15 is 0 Å². The number of hydrogen-bond acceptors (Lipinski definition) is 3. The number of amides is 1. The van der Waals surface area contributed by atoms with Gasteiger partial charge in [-0.05, 0) is 19.1 Å². The largest absolute Gasteiger partial charge is 0.496 e. The molecule has 1 heterocycles. The number of hydrogen-bond donors (Lipinski definition) is 1. The fraction of sp³-hybridized carbons (Fsp3) is 0.462. The first-order valence-corrected chi connectivity index (χ1v) is 5.98. The average molecular weight is 252 g/mol. The van der Waals surface area contributed by atoms with Crippen LogP contribution in [0.3, 0.4) is 0 Å². The Labute approximate surface area is 106 Å². The van der Waals surface area contributed by atoms with Crippen molar-refractivity contribution in [2.24, 2.45) is 0 Å². The van der Waals surface area contributed by atoms with Gasteiger partial charge in [0.15, 0.2) is 0 Å². The Balaban J connectivity index is 2.28. The maximum atomic E-state index is 13.8. The van der Waals surface area contributed by atoms with Gasteiger partial charge in [-0.2, -0.15) is 0 Å². The molecule has 0 bridgehead atoms. The molecule has 1 aromatic rings. The number of methoxy groups -OCH3 is 1. The van der Waals surface area contributed by atoms with Crippen molar-refractivity contribution >= 4 is 5.91 Å². The summed E-state index contributed by atoms with van der Waals surface area (Å²) >= 11 is 0. The molecule has 1 unspecified atom stereocenters. The minimum Gasteiger partial charge on any atom is -0.496 e. The predicted molar refractivity (Wildman–Crippen MR) is 66.3 cm³/mol. The Morgan fingerprint density at radius 1 is 1.56 bits per heavy atom. The smallest absolute Gasteiger partial charge is 0.260 e. The summed E-state index contributed by atoms with van der Waals surface area (Å²) in [6.07, 6.45) is 0. The van der Waals surface area contributed by atoms with Gasteiger partial charge in [-0.1, -0.05) is 6.07 Å². The van der Waals surface area contributed by atoms with E-state index in [4.69, 9.17) is 4.74 Å². The van der Waals surface area contributed by atoms with Crippen LogP contribution in [-0.4, -0.2) is 43.6 Å². The Kier molecular flexibility index (Phi) is 3.81. The van der Waals surface area contributed by atoms with E-state index in [0.717, 1.165) is 6.54 Å². The van der Waals surface area contributed by atoms with Crippen LogP contribution in [0.25, 0.3) is 0 Å². The zero-order valence-corrected chi connectivity index (χ0v) is 10.6. The van der Waals surface area contributed by atoms with Crippen LogP contribution in [0.1, 0.15) is 17.3 Å². The van der Waals surface area contributed by atoms with Gasteiger partial charge in [-0.25, -0.2) is 4.39 Å². The number of nitrogens with one attached hydrogen (secondary N) is 1. The Bertz CT molecular complexity index is 451. The fourth-order valence-corrected chi connectivity index (χ4v) is 2.16. The molecular weight excluding hydrogens is 235 g/mol. The maximum absolute atomic E-state index is 13.8. The first-order valence-electron chi connectivity index (χ1n) is 5.98. The molecule has 0 spiro atoms. The topological polar surface area (TPSA) is 41.6 Å². The Morgan fingerprint density at radius 2 is 2.33 bits per heavy atom. The van der Waals surface area contributed by atoms with Crippen molar-refractivity contribution < 1.29 is 13.9 Å². The number of ether oxygens (including phenoxy) is 1. The van der Waals surface area contributed by atoms with Gasteiger partial charge in [0, 0.05) is 25.7 Å². The summed E-state index contributed by atoms with van der Waals surface area (Å²) in [7, 11) is 1.44. The van der Waals surface area contributed by atoms with Crippen LogP contribution in [0.2, 0.25) is 0 Å². The lowest BCUT2D eigenvalue weighted by atomic mass is 10.1. The first-order chi connectivity index (χ1) is 8.63. The molecule has 1 N–H and O–H groups in total. The highest BCUT2D eigenvalue weighted by Crippen LogP contribution is 2.23. The van der Waals surface area contributed by atoms with Crippen LogP contribution in [0.4, 0.5) is 4.39 Å². The third-order valence-electron chi connectivity index (χ3n) is 3.07. The fourth-order valence-electron chi connectivity index (χ4n) is 2.16. The van der Waals surface area contributed by atoms with Crippen LogP contribution >= 0.6 is 0 Å². The Hall–Kier alpha value is -1.62. The lowest BCUT2D eigenvalue weighted by Gasteiger charge is -2.32. The summed E-state index contributed by atoms with van der Waals surface area (Å²) in [4.78, 5) is 14.0. The number of halogens is 1. The molecule has 0 aromatic heterocycles. The number of carbonyl (C=O) groups excluding carboxylic acids is 1. The van der Waals surface area contributed by atoms with E-state index in [1.165, 1.54) is 19.2 Å². The molecule has 1 aromatic carbocycles. The van der Waals surface area contributed by atoms with Gasteiger partial charge in [0.05, 0.1) is 7.11 Å². The zero-order valence-electron chi connectivity index (χ0n) is 10.6. The average Bonchev–Trinajstić information content (AvgIpc) is 2.37. The van der Waals surface area contributed by atoms with Crippen molar-refractivity contribution in [3.8, 4) is 5.75 Å². The summed E-state index contributed by atoms with van der Waals surface area (Å²) in [5.41, 5.74) is 0.0223. The molecule has 1 atom stereocenters. The molecule has 1 saturated heterocycles. The molecule has 5 heteroatoms. The summed E-state index contributed by atoms with van der Waals surface area (Å²) < 4.78 is 18.9. The van der Waals surface area contributed by atoms with Gasteiger partial charge in [-0.3, -0.25) is 4.79 Å². The first kappa shape index (κ1) is 12.8. The van der Waals surface area contributed by atoms with Gasteiger partial charge in [0.25, 0.3) is 5.91 Å². The van der Waals surface area contributed by atoms with E-state index < -0.39 is 5.82 Å². The number of piperazine rings is 1. The highest BCUT2D eigenvalue weighted by atomic mass is 19.1. The second kappa shape index (κ2) is 5.35. The summed E-state index contributed by atoms with van der Waals surface area (Å²) in [5.74, 6) is -0.560. The van der Waals surface area contributed by atoms with Crippen molar-refractivity contribution in [1.29, 1.82) is 0 Å². The van der Waals surface area contributed by atoms with Gasteiger partial charge in [-0.15, -0.1) is 0 Å². The van der Waals surface area contributed by atoms with Gasteiger partial charge in [0.1, 0.15) is 17.1 Å². The van der Waals surface area contributed by atoms with Crippen LogP contribution in [0, 0.1) is 5.82 Å². The van der Waals surface area contributed by atoms with Crippen molar-refractivity contribution in [2.45, 2.75) is 13.0 Å². The number of benzene rings is 1. The van der Waals surface area contributed by atoms with Crippen molar-refractivity contribution in [3.63, 3.8) is 0 Å². The van der Waals surface area contributed by atoms with E-state index in [1.54, 1.807) is 11.0 Å². The minimum absolute atomic E-state index is 0.0223. The lowest BCUT2D eigenvalue weighted by molar-refractivity contribution is 0.0700. The summed E-state index contributed by atoms with van der Waals surface area (Å²) in [5, 5.41) is 3.24. The summed E-state index contributed by atoms with van der Waals surface area (Å²) in [6, 6.07) is 4.63. The molecule has 0 saturated carbocycles. The highest BCUT2D eigenvalue weighted by molar-refractivity contribution is 5.97. The molecule has 1 amide bonds. The molecule has 98 valence electrons. The monoisotopic (exact) mass is 252 g/mol. The van der Waals surface area contributed by atoms with E-state index in [-0.39, 0.29) is 23.3 Å². The van der Waals surface area contributed by atoms with Crippen LogP contribution in [-0.2, 0) is 0 Å². The molecule has 1 aliphatic heterocycles. The van der Waals surface area contributed by atoms with Gasteiger partial charge < -0.3 is 15.0 Å². The van der Waals surface area contributed by atoms with Crippen LogP contribution in [0.15, 0.2) is 18.2 Å². The molecule has 4 nitrogen and oxygen atoms in total. The third kappa shape index (κ3) is 2.46. The third-order valence-corrected chi connectivity index (χ3v) is 3.07. The zero-order chi connectivity index (χ0) is 13.1. The Morgan fingerprint density at radius 3 is 3.00 bits per heavy atom. The SMILES string of the molecule is COc1cccc(F)c1C(=O)N1CCNC(C)C1. The maximum Gasteiger partial charge on any atom is 0.260 e. The van der Waals surface area contributed by atoms with E-state index in [9.17, 15) is 9.18 Å². The standard InChI is InChI=1S/C13H17FN2O2/c1-9-8-16(7-6-15-9)13(17)12-10(14)4-3-5-11(12)18-2/h3-5,9,15H,6-8H2,1-2H3. The number of carbonyl (C=O) groups is 1. The molecule has 0 radical (unpaired) electrons. The van der Waals surface area contributed by atoms with Crippen molar-refractivity contribution in [3.05, 3.63) is 29.6 Å². The number of rotatable bonds is 2. The van der Waals surface area contributed by atoms with E-state index in [1.807, 2.05) is 6.92 Å². The van der Waals surface area contributed by atoms with E-state index in [0.29, 0.717) is 13.1 Å². The molecule has 1 fully saturated rings. The second-order valence-electron chi connectivity index (χ2n) is 4.42. The normalized spacial score (nSPS) is 19.7. The molecular formula is C13H17FN2O2. The molecule has 0 aliphatic carbocycles. The van der Waals surface area contributed by atoms with Gasteiger partial charge in [0.2, 0.25) is 0 Å². The number of nitrogens with zero attached hydrogens (tertiary/aromatic N) is 1. The predicted octanol–water partition coefficient (Wildman–Crippen LogP) is 1.27. The van der Waals surface area contributed by atoms with Gasteiger partial charge >= 0.3 is 0 Å². The summed E-state index contributed by atoms with van der Waals surface area (Å²) in [6.45, 7) is 3.89.